The number of amides is 2. The van der Waals surface area contributed by atoms with Gasteiger partial charge in [0.2, 0.25) is 11.8 Å². The minimum absolute atomic E-state index is 0.0374. The fourth-order valence-corrected chi connectivity index (χ4v) is 5.98. The van der Waals surface area contributed by atoms with Crippen molar-refractivity contribution in [1.29, 1.82) is 0 Å². The van der Waals surface area contributed by atoms with Gasteiger partial charge in [0, 0.05) is 73.0 Å². The van der Waals surface area contributed by atoms with Crippen LogP contribution in [0.2, 0.25) is 0 Å². The second-order valence-electron chi connectivity index (χ2n) is 11.6. The lowest BCUT2D eigenvalue weighted by atomic mass is 9.91. The molecule has 1 unspecified atom stereocenters. The molecule has 216 valence electrons. The van der Waals surface area contributed by atoms with E-state index in [0.717, 1.165) is 16.7 Å². The first kappa shape index (κ1) is 28.7. The number of hydrogen-bond donors (Lipinski definition) is 3. The first-order chi connectivity index (χ1) is 19.0. The number of carbonyl (C=O) groups excluding carboxylic acids is 2. The number of carbonyl (C=O) groups is 2. The third-order valence-corrected chi connectivity index (χ3v) is 8.38. The maximum absolute atomic E-state index is 13.9. The largest absolute Gasteiger partial charge is 0.451 e. The van der Waals surface area contributed by atoms with Crippen LogP contribution in [0.1, 0.15) is 26.5 Å². The van der Waals surface area contributed by atoms with Gasteiger partial charge in [0.15, 0.2) is 5.75 Å². The Morgan fingerprint density at radius 2 is 1.98 bits per heavy atom. The quantitative estimate of drug-likeness (QED) is 0.425. The van der Waals surface area contributed by atoms with E-state index >= 15 is 0 Å². The summed E-state index contributed by atoms with van der Waals surface area (Å²) in [6.45, 7) is 10.6. The third kappa shape index (κ3) is 6.26. The molecule has 40 heavy (non-hydrogen) atoms. The van der Waals surface area contributed by atoms with Crippen molar-refractivity contribution in [3.63, 3.8) is 0 Å². The van der Waals surface area contributed by atoms with Crippen molar-refractivity contribution in [2.45, 2.75) is 44.4 Å². The monoisotopic (exact) mass is 616 g/mol. The number of primary amides is 1. The van der Waals surface area contributed by atoms with Gasteiger partial charge in [0.1, 0.15) is 11.9 Å². The Bertz CT molecular complexity index is 1320. The summed E-state index contributed by atoms with van der Waals surface area (Å²) in [5, 5.41) is 3.52. The number of H-pyrrole nitrogens is 1. The van der Waals surface area contributed by atoms with Crippen LogP contribution >= 0.6 is 15.9 Å². The Hall–Kier alpha value is -2.77. The summed E-state index contributed by atoms with van der Waals surface area (Å²) in [4.78, 5) is 47.6. The van der Waals surface area contributed by atoms with E-state index in [4.69, 9.17) is 15.2 Å². The molecule has 1 aromatic heterocycles. The second kappa shape index (κ2) is 11.6. The number of hydrogen-bond acceptors (Lipinski definition) is 8. The van der Waals surface area contributed by atoms with Crippen LogP contribution in [0.4, 0.5) is 5.69 Å². The number of aromatic nitrogens is 1. The van der Waals surface area contributed by atoms with Gasteiger partial charge in [-0.15, -0.1) is 0 Å². The average Bonchev–Trinajstić information content (AvgIpc) is 3.17. The minimum Gasteiger partial charge on any atom is -0.451 e. The number of nitrogens with two attached hydrogens (primary N) is 1. The number of morpholine rings is 1. The van der Waals surface area contributed by atoms with Crippen molar-refractivity contribution in [3.8, 4) is 11.5 Å². The number of piperazine rings is 1. The van der Waals surface area contributed by atoms with Crippen LogP contribution in [-0.4, -0.2) is 97.2 Å². The molecule has 2 fully saturated rings. The van der Waals surface area contributed by atoms with Crippen molar-refractivity contribution in [1.82, 2.24) is 20.1 Å². The predicted molar refractivity (Wildman–Crippen MR) is 155 cm³/mol. The zero-order valence-electron chi connectivity index (χ0n) is 23.1. The molecule has 2 amide bonds. The normalized spacial score (nSPS) is 25.0. The van der Waals surface area contributed by atoms with Gasteiger partial charge in [0.25, 0.3) is 5.56 Å². The molecule has 0 saturated carbocycles. The van der Waals surface area contributed by atoms with Crippen molar-refractivity contribution in [3.05, 3.63) is 50.9 Å². The number of nitrogens with zero attached hydrogens (tertiary/aromatic N) is 3. The number of anilines is 1. The van der Waals surface area contributed by atoms with E-state index in [1.54, 1.807) is 23.1 Å². The van der Waals surface area contributed by atoms with E-state index in [9.17, 15) is 14.4 Å². The highest BCUT2D eigenvalue weighted by Gasteiger charge is 2.41. The van der Waals surface area contributed by atoms with Crippen LogP contribution in [0, 0.1) is 0 Å². The molecule has 0 radical (unpaired) electrons. The second-order valence-corrected chi connectivity index (χ2v) is 12.5. The molecule has 3 aliphatic heterocycles. The summed E-state index contributed by atoms with van der Waals surface area (Å²) in [7, 11) is 0. The molecule has 1 aromatic carbocycles. The van der Waals surface area contributed by atoms with Gasteiger partial charge < -0.3 is 30.4 Å². The highest BCUT2D eigenvalue weighted by molar-refractivity contribution is 9.10. The maximum atomic E-state index is 13.9. The Labute approximate surface area is 242 Å². The van der Waals surface area contributed by atoms with Crippen molar-refractivity contribution in [2.75, 3.05) is 57.3 Å². The Balaban J connectivity index is 1.34. The number of halogens is 1. The predicted octanol–water partition coefficient (Wildman–Crippen LogP) is 1.40. The zero-order valence-corrected chi connectivity index (χ0v) is 24.7. The molecule has 4 heterocycles. The molecule has 2 aromatic rings. The number of fused-ring (bicyclic) bond motifs is 1. The number of ether oxygens (including phenoxy) is 2. The molecule has 3 aliphatic rings. The molecule has 4 N–H and O–H groups in total. The number of pyridine rings is 1. The van der Waals surface area contributed by atoms with Crippen LogP contribution in [0.3, 0.4) is 0 Å². The fourth-order valence-electron chi connectivity index (χ4n) is 5.72. The van der Waals surface area contributed by atoms with Gasteiger partial charge >= 0.3 is 0 Å². The van der Waals surface area contributed by atoms with Gasteiger partial charge in [-0.3, -0.25) is 24.2 Å². The lowest BCUT2D eigenvalue weighted by Crippen LogP contribution is -2.62. The SMILES string of the molecule is C[C@@H]1CN(CC(=O)N2CC(C)(C)c3[nH]c(=O)c(Oc4ccc(Br)cc4)cc32)[C@@H](CN2CCOC(C(N)=O)C2)CN1. The topological polar surface area (TPSA) is 133 Å². The van der Waals surface area contributed by atoms with Gasteiger partial charge in [-0.25, -0.2) is 0 Å². The zero-order chi connectivity index (χ0) is 28.6. The lowest BCUT2D eigenvalue weighted by Gasteiger charge is -2.43. The molecule has 0 spiro atoms. The highest BCUT2D eigenvalue weighted by atomic mass is 79.9. The van der Waals surface area contributed by atoms with Crippen molar-refractivity contribution in [2.24, 2.45) is 5.73 Å². The van der Waals surface area contributed by atoms with Crippen molar-refractivity contribution >= 4 is 33.4 Å². The van der Waals surface area contributed by atoms with Gasteiger partial charge in [0.05, 0.1) is 18.8 Å². The van der Waals surface area contributed by atoms with Crippen LogP contribution in [0.25, 0.3) is 0 Å². The molecular weight excluding hydrogens is 580 g/mol. The number of aromatic amines is 1. The van der Waals surface area contributed by atoms with E-state index in [1.165, 1.54) is 0 Å². The van der Waals surface area contributed by atoms with E-state index < -0.39 is 17.4 Å². The molecule has 0 bridgehead atoms. The summed E-state index contributed by atoms with van der Waals surface area (Å²) >= 11 is 3.40. The number of rotatable bonds is 7. The van der Waals surface area contributed by atoms with Crippen LogP contribution < -0.4 is 26.2 Å². The van der Waals surface area contributed by atoms with E-state index in [0.29, 0.717) is 50.8 Å². The molecule has 11 nitrogen and oxygen atoms in total. The maximum Gasteiger partial charge on any atom is 0.291 e. The molecule has 3 atom stereocenters. The van der Waals surface area contributed by atoms with E-state index in [2.05, 4.69) is 43.0 Å². The summed E-state index contributed by atoms with van der Waals surface area (Å²) in [5.74, 6) is 0.179. The third-order valence-electron chi connectivity index (χ3n) is 7.85. The van der Waals surface area contributed by atoms with E-state index in [1.807, 2.05) is 26.0 Å². The first-order valence-corrected chi connectivity index (χ1v) is 14.4. The number of benzene rings is 1. The van der Waals surface area contributed by atoms with Gasteiger partial charge in [-0.2, -0.15) is 0 Å². The molecule has 5 rings (SSSR count). The van der Waals surface area contributed by atoms with Gasteiger partial charge in [-0.1, -0.05) is 29.8 Å². The smallest absolute Gasteiger partial charge is 0.291 e. The standard InChI is InChI=1S/C28H37BrN6O5/c1-17-12-34(19(11-31-17)13-33-8-9-39-23(14-33)26(30)37)15-24(36)35-16-28(2,3)25-21(35)10-22(27(38)32-25)40-20-6-4-18(29)5-7-20/h4-7,10,17,19,23,31H,8-9,11-16H2,1-3H3,(H2,30,37)(H,32,38)/t17-,19-,23?/m1/s1. The summed E-state index contributed by atoms with van der Waals surface area (Å²) in [6, 6.07) is 9.21. The van der Waals surface area contributed by atoms with E-state index in [-0.39, 0.29) is 35.8 Å². The summed E-state index contributed by atoms with van der Waals surface area (Å²) in [5.41, 5.74) is 6.11. The fraction of sp³-hybridized carbons (Fsp3) is 0.536. The van der Waals surface area contributed by atoms with Crippen LogP contribution in [0.15, 0.2) is 39.6 Å². The van der Waals surface area contributed by atoms with Crippen LogP contribution in [0.5, 0.6) is 11.5 Å². The first-order valence-electron chi connectivity index (χ1n) is 13.6. The molecule has 12 heteroatoms. The lowest BCUT2D eigenvalue weighted by molar-refractivity contribution is -0.135. The highest BCUT2D eigenvalue weighted by Crippen LogP contribution is 2.40. The van der Waals surface area contributed by atoms with Crippen LogP contribution in [-0.2, 0) is 19.7 Å². The van der Waals surface area contributed by atoms with Gasteiger partial charge in [-0.05, 0) is 31.2 Å². The Kier molecular flexibility index (Phi) is 8.35. The molecular formula is C28H37BrN6O5. The van der Waals surface area contributed by atoms with Crippen molar-refractivity contribution < 1.29 is 19.1 Å². The minimum atomic E-state index is -0.612. The number of nitrogens with one attached hydrogen (secondary N) is 2. The molecule has 2 saturated heterocycles. The molecule has 0 aliphatic carbocycles. The average molecular weight is 618 g/mol. The Morgan fingerprint density at radius 3 is 2.70 bits per heavy atom. The summed E-state index contributed by atoms with van der Waals surface area (Å²) < 4.78 is 12.3. The summed E-state index contributed by atoms with van der Waals surface area (Å²) in [6.07, 6.45) is -0.612. The Morgan fingerprint density at radius 1 is 1.23 bits per heavy atom.